The molecule has 336 valence electrons. The summed E-state index contributed by atoms with van der Waals surface area (Å²) in [5.74, 6) is 0. The predicted octanol–water partition coefficient (Wildman–Crippen LogP) is 13.9. The van der Waals surface area contributed by atoms with Crippen LogP contribution < -0.4 is 0 Å². The average Bonchev–Trinajstić information content (AvgIpc) is 3.13. The van der Waals surface area contributed by atoms with E-state index in [0.717, 1.165) is 25.7 Å². The highest BCUT2D eigenvalue weighted by Crippen LogP contribution is 2.18. The number of nitrogens with zero attached hydrogens (tertiary/aromatic N) is 2. The SMILES string of the molecule is CCCCCCCCCCCCCCCCCCC(C)[N+](O)(O)CC.CCCCCCCCCCCCCCCCCCC(C)[N+](O)(O)CC.O=S(=O)([O-])[O-]. The summed E-state index contributed by atoms with van der Waals surface area (Å²) in [5, 5.41) is 38.8. The number of quaternary nitrogens is 2. The maximum absolute atomic E-state index is 9.71. The van der Waals surface area contributed by atoms with Crippen molar-refractivity contribution in [1.82, 2.24) is 0 Å². The molecule has 4 N–H and O–H groups in total. The van der Waals surface area contributed by atoms with Crippen LogP contribution in [0.2, 0.25) is 0 Å². The Bertz CT molecular complexity index is 799. The van der Waals surface area contributed by atoms with Crippen LogP contribution in [0.3, 0.4) is 0 Å². The van der Waals surface area contributed by atoms with Gasteiger partial charge in [0.1, 0.15) is 25.2 Å². The van der Waals surface area contributed by atoms with Crippen LogP contribution in [-0.2, 0) is 10.4 Å². The first-order valence-electron chi connectivity index (χ1n) is 23.4. The van der Waals surface area contributed by atoms with Gasteiger partial charge in [-0.15, -0.1) is 0 Å². The zero-order valence-electron chi connectivity index (χ0n) is 37.3. The monoisotopic (exact) mass is 813 g/mol. The third kappa shape index (κ3) is 49.7. The lowest BCUT2D eigenvalue weighted by atomic mass is 10.0. The number of unbranched alkanes of at least 4 members (excludes halogenated alkanes) is 30. The van der Waals surface area contributed by atoms with Crippen LogP contribution >= 0.6 is 0 Å². The molecule has 0 fully saturated rings. The quantitative estimate of drug-likeness (QED) is 0.0157. The smallest absolute Gasteiger partial charge is 0.149 e. The van der Waals surface area contributed by atoms with Gasteiger partial charge in [0, 0.05) is 23.2 Å². The molecule has 0 aromatic rings. The van der Waals surface area contributed by atoms with E-state index in [-0.39, 0.29) is 12.1 Å². The van der Waals surface area contributed by atoms with E-state index >= 15 is 0 Å². The van der Waals surface area contributed by atoms with Crippen molar-refractivity contribution in [3.05, 3.63) is 0 Å². The Morgan fingerprint density at radius 1 is 0.364 bits per heavy atom. The molecule has 0 aromatic heterocycles. The fraction of sp³-hybridized carbons (Fsp3) is 1.00. The van der Waals surface area contributed by atoms with Gasteiger partial charge in [-0.2, -0.15) is 20.8 Å². The van der Waals surface area contributed by atoms with E-state index in [0.29, 0.717) is 13.1 Å². The van der Waals surface area contributed by atoms with E-state index < -0.39 is 20.0 Å². The van der Waals surface area contributed by atoms with Gasteiger partial charge in [0.25, 0.3) is 0 Å². The molecule has 2 unspecified atom stereocenters. The minimum atomic E-state index is -5.17. The van der Waals surface area contributed by atoms with Crippen molar-refractivity contribution in [2.75, 3.05) is 13.1 Å². The summed E-state index contributed by atoms with van der Waals surface area (Å²) in [5.41, 5.74) is 0. The Hall–Kier alpha value is -0.370. The summed E-state index contributed by atoms with van der Waals surface area (Å²) in [7, 11) is -5.17. The van der Waals surface area contributed by atoms with Gasteiger partial charge in [-0.25, -0.2) is 0 Å². The molecule has 0 bridgehead atoms. The first kappa shape index (κ1) is 58.9. The van der Waals surface area contributed by atoms with Gasteiger partial charge >= 0.3 is 0 Å². The molecule has 0 aliphatic carbocycles. The molecule has 55 heavy (non-hydrogen) atoms. The van der Waals surface area contributed by atoms with Crippen LogP contribution in [0.25, 0.3) is 0 Å². The number of hydroxylamine groups is 8. The van der Waals surface area contributed by atoms with Gasteiger partial charge in [-0.1, -0.05) is 206 Å². The maximum Gasteiger partial charge on any atom is 0.149 e. The first-order chi connectivity index (χ1) is 26.1. The second kappa shape index (κ2) is 41.8. The van der Waals surface area contributed by atoms with Crippen molar-refractivity contribution in [3.63, 3.8) is 0 Å². The lowest BCUT2D eigenvalue weighted by Crippen LogP contribution is -2.48. The van der Waals surface area contributed by atoms with Gasteiger partial charge in [-0.05, 0) is 50.2 Å². The van der Waals surface area contributed by atoms with E-state index in [9.17, 15) is 20.8 Å². The predicted molar refractivity (Wildman–Crippen MR) is 226 cm³/mol. The zero-order chi connectivity index (χ0) is 42.1. The van der Waals surface area contributed by atoms with E-state index in [1.807, 2.05) is 27.7 Å². The van der Waals surface area contributed by atoms with Crippen LogP contribution in [0.4, 0.5) is 0 Å². The molecular formula is C44H96N2O8S. The molecule has 0 rings (SSSR count). The van der Waals surface area contributed by atoms with Gasteiger partial charge in [0.2, 0.25) is 0 Å². The second-order valence-electron chi connectivity index (χ2n) is 16.5. The molecule has 0 aliphatic heterocycles. The molecule has 0 spiro atoms. The minimum Gasteiger partial charge on any atom is -0.759 e. The highest BCUT2D eigenvalue weighted by molar-refractivity contribution is 7.79. The molecule has 0 radical (unpaired) electrons. The van der Waals surface area contributed by atoms with Crippen molar-refractivity contribution in [1.29, 1.82) is 0 Å². The topological polar surface area (TPSA) is 161 Å². The fourth-order valence-electron chi connectivity index (χ4n) is 7.01. The summed E-state index contributed by atoms with van der Waals surface area (Å²) in [4.78, 5) is -1.64. The molecule has 0 aliphatic rings. The van der Waals surface area contributed by atoms with Crippen LogP contribution in [0.15, 0.2) is 0 Å². The van der Waals surface area contributed by atoms with E-state index in [2.05, 4.69) is 13.8 Å². The van der Waals surface area contributed by atoms with Gasteiger partial charge in [-0.3, -0.25) is 8.42 Å². The minimum absolute atomic E-state index is 0.0726. The third-order valence-corrected chi connectivity index (χ3v) is 11.3. The van der Waals surface area contributed by atoms with Crippen LogP contribution in [0.1, 0.15) is 260 Å². The third-order valence-electron chi connectivity index (χ3n) is 11.3. The van der Waals surface area contributed by atoms with E-state index in [4.69, 9.17) is 17.5 Å². The van der Waals surface area contributed by atoms with Gasteiger partial charge in [0.05, 0.1) is 0 Å². The molecule has 2 atom stereocenters. The summed E-state index contributed by atoms with van der Waals surface area (Å²) < 4.78 is 34.1. The Morgan fingerprint density at radius 2 is 0.509 bits per heavy atom. The lowest BCUT2D eigenvalue weighted by Gasteiger charge is -2.26. The molecular weight excluding hydrogens is 717 g/mol. The number of hydrogen-bond acceptors (Lipinski definition) is 8. The normalized spacial score (nSPS) is 13.2. The standard InChI is InChI=1S/2C22H48NO2.H2O4S/c2*1-4-6-7-8-9-10-11-12-13-14-15-16-17-18-19-20-21-22(3)23(24,25)5-2;1-5(2,3)4/h2*22,24-25H,4-21H2,1-3H3;(H2,1,2,3,4)/q2*+1;/p-2. The molecule has 0 saturated heterocycles. The highest BCUT2D eigenvalue weighted by Gasteiger charge is 2.29. The zero-order valence-corrected chi connectivity index (χ0v) is 38.2. The average molecular weight is 813 g/mol. The Labute approximate surface area is 342 Å². The summed E-state index contributed by atoms with van der Waals surface area (Å²) >= 11 is 0. The van der Waals surface area contributed by atoms with Gasteiger partial charge in [0.15, 0.2) is 0 Å². The molecule has 10 nitrogen and oxygen atoms in total. The van der Waals surface area contributed by atoms with Crippen molar-refractivity contribution in [2.24, 2.45) is 0 Å². The van der Waals surface area contributed by atoms with E-state index in [1.54, 1.807) is 0 Å². The molecule has 0 aromatic carbocycles. The van der Waals surface area contributed by atoms with Crippen LogP contribution in [-0.4, -0.2) is 73.1 Å². The fourth-order valence-corrected chi connectivity index (χ4v) is 7.01. The Morgan fingerprint density at radius 3 is 0.655 bits per heavy atom. The maximum atomic E-state index is 9.71. The van der Waals surface area contributed by atoms with Crippen LogP contribution in [0, 0.1) is 0 Å². The van der Waals surface area contributed by atoms with Crippen molar-refractivity contribution in [3.8, 4) is 0 Å². The Balaban J connectivity index is -0.000000874. The first-order valence-corrected chi connectivity index (χ1v) is 24.7. The molecule has 0 amide bonds. The van der Waals surface area contributed by atoms with E-state index in [1.165, 1.54) is 193 Å². The summed E-state index contributed by atoms with van der Waals surface area (Å²) in [6, 6.07) is -0.145. The highest BCUT2D eigenvalue weighted by atomic mass is 32.3. The second-order valence-corrected chi connectivity index (χ2v) is 17.3. The number of hydrogen-bond donors (Lipinski definition) is 4. The Kier molecular flexibility index (Phi) is 44.8. The van der Waals surface area contributed by atoms with Crippen molar-refractivity contribution in [2.45, 2.75) is 272 Å². The summed E-state index contributed by atoms with van der Waals surface area (Å²) in [6.07, 6.45) is 45.9. The molecule has 0 heterocycles. The lowest BCUT2D eigenvalue weighted by molar-refractivity contribution is -1.26. The van der Waals surface area contributed by atoms with Crippen molar-refractivity contribution >= 4 is 10.4 Å². The van der Waals surface area contributed by atoms with Crippen molar-refractivity contribution < 1.29 is 48.0 Å². The number of rotatable bonds is 38. The van der Waals surface area contributed by atoms with Gasteiger partial charge < -0.3 is 9.11 Å². The largest absolute Gasteiger partial charge is 0.759 e. The molecule has 11 heteroatoms. The van der Waals surface area contributed by atoms with Crippen LogP contribution in [0.5, 0.6) is 0 Å². The molecule has 0 saturated carbocycles. The summed E-state index contributed by atoms with van der Waals surface area (Å²) in [6.45, 7) is 12.8.